The molecular weight excluding hydrogens is 556 g/mol. The van der Waals surface area contributed by atoms with Crippen LogP contribution in [-0.2, 0) is 25.2 Å². The Hall–Kier alpha value is -2.51. The third-order valence-corrected chi connectivity index (χ3v) is 5.75. The highest BCUT2D eigenvalue weighted by Crippen LogP contribution is 2.48. The number of hydrazone groups is 1. The number of hydrogen-bond acceptors (Lipinski definition) is 8. The number of nitrogens with one attached hydrogen (secondary N) is 1. The van der Waals surface area contributed by atoms with Gasteiger partial charge in [-0.2, -0.15) is 18.3 Å². The number of esters is 2. The Morgan fingerprint density at radius 1 is 1.25 bits per heavy atom. The monoisotopic (exact) mass is 577 g/mol. The lowest BCUT2D eigenvalue weighted by atomic mass is 9.78. The van der Waals surface area contributed by atoms with E-state index in [1.807, 2.05) is 0 Å². The van der Waals surface area contributed by atoms with Crippen LogP contribution in [0.15, 0.2) is 39.8 Å². The first kappa shape index (κ1) is 31.5. The Balaban J connectivity index is 0.00000648. The van der Waals surface area contributed by atoms with Gasteiger partial charge in [0.15, 0.2) is 0 Å². The van der Waals surface area contributed by atoms with Crippen molar-refractivity contribution in [1.82, 2.24) is 5.32 Å². The highest BCUT2D eigenvalue weighted by Gasteiger charge is 2.47. The van der Waals surface area contributed by atoms with E-state index in [1.54, 1.807) is 0 Å². The van der Waals surface area contributed by atoms with Crippen molar-refractivity contribution in [3.8, 4) is 0 Å². The van der Waals surface area contributed by atoms with Crippen LogP contribution in [0.4, 0.5) is 22.0 Å². The van der Waals surface area contributed by atoms with Crippen LogP contribution >= 0.6 is 35.8 Å². The zero-order chi connectivity index (χ0) is 26.5. The van der Waals surface area contributed by atoms with Crippen molar-refractivity contribution in [2.75, 3.05) is 19.5 Å². The number of allylic oxidation sites excluding steroid dienone is 1. The summed E-state index contributed by atoms with van der Waals surface area (Å²) in [6.45, 7) is 1.57. The summed E-state index contributed by atoms with van der Waals surface area (Å²) in [6, 6.07) is 1.34. The molecule has 1 unspecified atom stereocenters. The molecule has 15 heteroatoms. The maximum Gasteiger partial charge on any atom is 0.418 e. The first-order valence-electron chi connectivity index (χ1n) is 9.85. The van der Waals surface area contributed by atoms with Crippen LogP contribution in [0.25, 0.3) is 0 Å². The van der Waals surface area contributed by atoms with Gasteiger partial charge < -0.3 is 20.6 Å². The second-order valence-electron chi connectivity index (χ2n) is 7.30. The van der Waals surface area contributed by atoms with E-state index >= 15 is 4.39 Å². The van der Waals surface area contributed by atoms with Gasteiger partial charge in [0.05, 0.1) is 52.1 Å². The fraction of sp³-hybridized carbons (Fsp3) is 0.381. The van der Waals surface area contributed by atoms with Crippen LogP contribution in [0.2, 0.25) is 5.02 Å². The van der Waals surface area contributed by atoms with Crippen molar-refractivity contribution in [3.05, 3.63) is 56.6 Å². The lowest BCUT2D eigenvalue weighted by Crippen LogP contribution is -2.37. The van der Waals surface area contributed by atoms with Crippen molar-refractivity contribution in [2.45, 2.75) is 32.0 Å². The van der Waals surface area contributed by atoms with Crippen LogP contribution in [0.5, 0.6) is 0 Å². The minimum atomic E-state index is -5.20. The molecule has 0 saturated carbocycles. The first-order chi connectivity index (χ1) is 16.4. The topological polar surface area (TPSA) is 103 Å². The van der Waals surface area contributed by atoms with Gasteiger partial charge in [-0.3, -0.25) is 0 Å². The molecule has 0 amide bonds. The molecular formula is C21H22Cl2F5N3O4S. The number of carbonyl (C=O) groups is 2. The fourth-order valence-corrected chi connectivity index (χ4v) is 4.32. The smallest absolute Gasteiger partial charge is 0.418 e. The van der Waals surface area contributed by atoms with Crippen molar-refractivity contribution in [1.29, 1.82) is 0 Å². The number of nitrogens with zero attached hydrogens (tertiary/aromatic N) is 1. The van der Waals surface area contributed by atoms with E-state index in [2.05, 4.69) is 15.2 Å². The molecule has 3 N–H and O–H groups in total. The van der Waals surface area contributed by atoms with E-state index in [-0.39, 0.29) is 23.9 Å². The number of ether oxygens (including phenoxy) is 2. The van der Waals surface area contributed by atoms with Gasteiger partial charge in [0.25, 0.3) is 0 Å². The highest BCUT2D eigenvalue weighted by atomic mass is 35.5. The molecule has 36 heavy (non-hydrogen) atoms. The van der Waals surface area contributed by atoms with E-state index < -0.39 is 75.6 Å². The van der Waals surface area contributed by atoms with Gasteiger partial charge in [-0.05, 0) is 26.0 Å². The summed E-state index contributed by atoms with van der Waals surface area (Å²) in [4.78, 5) is 25.8. The molecule has 1 aromatic rings. The van der Waals surface area contributed by atoms with E-state index in [9.17, 15) is 27.2 Å². The summed E-state index contributed by atoms with van der Waals surface area (Å²) in [5.41, 5.74) is -3.57. The molecule has 0 saturated heterocycles. The third kappa shape index (κ3) is 6.83. The molecule has 0 aromatic heterocycles. The summed E-state index contributed by atoms with van der Waals surface area (Å²) in [5, 5.41) is 4.93. The maximum absolute atomic E-state index is 15.2. The van der Waals surface area contributed by atoms with E-state index in [0.29, 0.717) is 12.1 Å². The number of rotatable bonds is 8. The van der Waals surface area contributed by atoms with E-state index in [4.69, 9.17) is 22.2 Å². The van der Waals surface area contributed by atoms with Crippen molar-refractivity contribution >= 4 is 53.3 Å². The minimum Gasteiger partial charge on any atom is -0.466 e. The molecule has 2 rings (SSSR count). The van der Waals surface area contributed by atoms with Crippen molar-refractivity contribution < 1.29 is 41.0 Å². The Morgan fingerprint density at radius 3 is 2.36 bits per heavy atom. The zero-order valence-electron chi connectivity index (χ0n) is 19.0. The minimum absolute atomic E-state index is 0. The second-order valence-corrected chi connectivity index (χ2v) is 8.54. The first-order valence-corrected chi connectivity index (χ1v) is 11.3. The lowest BCUT2D eigenvalue weighted by molar-refractivity contribution is -0.144. The summed E-state index contributed by atoms with van der Waals surface area (Å²) in [6.07, 6.45) is -5.94. The number of thioether (sulfide) groups is 1. The highest BCUT2D eigenvalue weighted by molar-refractivity contribution is 8.12. The Labute approximate surface area is 218 Å². The number of benzene rings is 1. The third-order valence-electron chi connectivity index (χ3n) is 4.71. The van der Waals surface area contributed by atoms with Crippen molar-refractivity contribution in [2.24, 2.45) is 10.9 Å². The summed E-state index contributed by atoms with van der Waals surface area (Å²) in [5.74, 6) is -1.08. The predicted molar refractivity (Wildman–Crippen MR) is 128 cm³/mol. The molecule has 1 atom stereocenters. The van der Waals surface area contributed by atoms with E-state index in [0.717, 1.165) is 24.4 Å². The van der Waals surface area contributed by atoms with Gasteiger partial charge in [-0.25, -0.2) is 18.4 Å². The van der Waals surface area contributed by atoms with Crippen LogP contribution in [0.3, 0.4) is 0 Å². The number of dihydropyridines is 1. The van der Waals surface area contributed by atoms with Crippen molar-refractivity contribution in [3.63, 3.8) is 0 Å². The molecule has 7 nitrogen and oxygen atoms in total. The van der Waals surface area contributed by atoms with Gasteiger partial charge >= 0.3 is 18.1 Å². The molecule has 0 bridgehead atoms. The molecule has 0 spiro atoms. The lowest BCUT2D eigenvalue weighted by Gasteiger charge is -2.33. The predicted octanol–water partition coefficient (Wildman–Crippen LogP) is 4.84. The van der Waals surface area contributed by atoms with Gasteiger partial charge in [0.1, 0.15) is 12.5 Å². The van der Waals surface area contributed by atoms with E-state index in [1.165, 1.54) is 13.8 Å². The molecule has 1 aliphatic heterocycles. The second kappa shape index (κ2) is 13.2. The molecule has 200 valence electrons. The normalized spacial score (nSPS) is 16.2. The quantitative estimate of drug-likeness (QED) is 0.114. The number of carbonyl (C=O) groups excluding carboxylic acids is 2. The summed E-state index contributed by atoms with van der Waals surface area (Å²) >= 11 is 6.70. The largest absolute Gasteiger partial charge is 0.466 e. The molecule has 1 heterocycles. The average molecular weight is 578 g/mol. The summed E-state index contributed by atoms with van der Waals surface area (Å²) in [7, 11) is 0.903. The van der Waals surface area contributed by atoms with Gasteiger partial charge in [-0.15, -0.1) is 24.2 Å². The molecule has 0 fully saturated rings. The molecule has 0 radical (unpaired) electrons. The SMILES string of the molecule is COC(=O)C1=C(CF)NC(CSC=NN)=C(C(=O)OC(C)C)C1c1c(F)ccc(Cl)c1C(F)(F)F.Cl. The number of methoxy groups -OCH3 is 1. The Bertz CT molecular complexity index is 1090. The number of halogens is 7. The molecule has 1 aliphatic rings. The van der Waals surface area contributed by atoms with Crippen LogP contribution in [-0.4, -0.2) is 43.1 Å². The Morgan fingerprint density at radius 2 is 1.86 bits per heavy atom. The van der Waals surface area contributed by atoms with Gasteiger partial charge in [0.2, 0.25) is 0 Å². The summed E-state index contributed by atoms with van der Waals surface area (Å²) < 4.78 is 81.3. The van der Waals surface area contributed by atoms with Crippen LogP contribution in [0, 0.1) is 5.82 Å². The Kier molecular flexibility index (Phi) is 11.5. The van der Waals surface area contributed by atoms with Gasteiger partial charge in [-0.1, -0.05) is 11.6 Å². The van der Waals surface area contributed by atoms with Crippen LogP contribution in [0.1, 0.15) is 30.9 Å². The fourth-order valence-electron chi connectivity index (χ4n) is 3.49. The standard InChI is InChI=1S/C21H21ClF5N3O4S.ClH/c1-9(2)34-20(32)16-13(7-35-8-29-28)30-12(6-23)15(19(31)33-3)17(16)14-11(24)5-4-10(22)18(14)21(25,26)27;/h4-5,8-9,17,30H,6-7,28H2,1-3H3;1H. The molecule has 0 aliphatic carbocycles. The number of alkyl halides is 4. The van der Waals surface area contributed by atoms with Gasteiger partial charge in [0, 0.05) is 17.0 Å². The molecule has 1 aromatic carbocycles. The zero-order valence-corrected chi connectivity index (χ0v) is 21.4. The van der Waals surface area contributed by atoms with Crippen LogP contribution < -0.4 is 11.2 Å². The number of nitrogens with two attached hydrogens (primary N) is 1. The maximum atomic E-state index is 15.2. The number of hydrogen-bond donors (Lipinski definition) is 2. The average Bonchev–Trinajstić information content (AvgIpc) is 2.77.